The highest BCUT2D eigenvalue weighted by molar-refractivity contribution is 5.47. The quantitative estimate of drug-likeness (QED) is 0.482. The maximum absolute atomic E-state index is 2.44. The Labute approximate surface area is 64.0 Å². The van der Waals surface area contributed by atoms with Gasteiger partial charge in [-0.15, -0.1) is 0 Å². The van der Waals surface area contributed by atoms with Gasteiger partial charge in [0.15, 0.2) is 0 Å². The fourth-order valence-electron chi connectivity index (χ4n) is 4.19. The van der Waals surface area contributed by atoms with Crippen LogP contribution in [0, 0.1) is 21.7 Å². The molecule has 0 aliphatic heterocycles. The van der Waals surface area contributed by atoms with Gasteiger partial charge in [-0.1, -0.05) is 41.5 Å². The van der Waals surface area contributed by atoms with Crippen LogP contribution < -0.4 is 0 Å². The summed E-state index contributed by atoms with van der Waals surface area (Å²) >= 11 is 0. The molecular formula is C10H18. The smallest absolute Gasteiger partial charge is 0.0148 e. The molecule has 58 valence electrons. The predicted molar refractivity (Wildman–Crippen MR) is 43.8 cm³/mol. The topological polar surface area (TPSA) is 0 Å². The Balaban J connectivity index is 2.41. The molecule has 0 heteroatoms. The van der Waals surface area contributed by atoms with Crippen molar-refractivity contribution in [3.05, 3.63) is 0 Å². The normalized spacial score (nSPS) is 59.4. The third kappa shape index (κ3) is 0.233. The zero-order chi connectivity index (χ0) is 8.00. The molecule has 2 saturated carbocycles. The summed E-state index contributed by atoms with van der Waals surface area (Å²) < 4.78 is 0. The van der Waals surface area contributed by atoms with Gasteiger partial charge in [0.1, 0.15) is 0 Å². The van der Waals surface area contributed by atoms with Crippen molar-refractivity contribution in [3.63, 3.8) is 0 Å². The summed E-state index contributed by atoms with van der Waals surface area (Å²) in [6.07, 6.45) is 0. The van der Waals surface area contributed by atoms with Crippen molar-refractivity contribution in [1.29, 1.82) is 0 Å². The van der Waals surface area contributed by atoms with Crippen LogP contribution in [0.1, 0.15) is 41.5 Å². The Morgan fingerprint density at radius 2 is 0.700 bits per heavy atom. The van der Waals surface area contributed by atoms with Crippen LogP contribution in [0.15, 0.2) is 0 Å². The van der Waals surface area contributed by atoms with Crippen LogP contribution in [0.25, 0.3) is 0 Å². The molecular weight excluding hydrogens is 120 g/mol. The van der Waals surface area contributed by atoms with Crippen molar-refractivity contribution in [2.45, 2.75) is 41.5 Å². The molecule has 0 spiro atoms. The van der Waals surface area contributed by atoms with Gasteiger partial charge in [-0.3, -0.25) is 0 Å². The van der Waals surface area contributed by atoms with Crippen molar-refractivity contribution < 1.29 is 0 Å². The zero-order valence-corrected chi connectivity index (χ0v) is 8.00. The molecule has 0 bridgehead atoms. The number of hydrogen-bond donors (Lipinski definition) is 0. The van der Waals surface area contributed by atoms with Crippen molar-refractivity contribution in [2.75, 3.05) is 0 Å². The minimum Gasteiger partial charge on any atom is -0.0588 e. The fourth-order valence-corrected chi connectivity index (χ4v) is 4.19. The average molecular weight is 138 g/mol. The highest BCUT2D eigenvalue weighted by Crippen LogP contribution is 3.05. The van der Waals surface area contributed by atoms with Crippen molar-refractivity contribution in [1.82, 2.24) is 0 Å². The van der Waals surface area contributed by atoms with E-state index < -0.39 is 0 Å². The van der Waals surface area contributed by atoms with E-state index in [-0.39, 0.29) is 0 Å². The van der Waals surface area contributed by atoms with Crippen LogP contribution in [0.5, 0.6) is 0 Å². The first-order chi connectivity index (χ1) is 4.25. The van der Waals surface area contributed by atoms with E-state index in [1.165, 1.54) is 0 Å². The van der Waals surface area contributed by atoms with Crippen LogP contribution >= 0.6 is 0 Å². The molecule has 0 nitrogen and oxygen atoms in total. The highest BCUT2D eigenvalue weighted by atomic mass is 15.0. The molecule has 0 radical (unpaired) electrons. The third-order valence-electron chi connectivity index (χ3n) is 5.88. The van der Waals surface area contributed by atoms with Crippen LogP contribution in [-0.2, 0) is 0 Å². The molecule has 0 aromatic carbocycles. The zero-order valence-electron chi connectivity index (χ0n) is 8.00. The maximum Gasteiger partial charge on any atom is -0.0148 e. The number of hydrogen-bond acceptors (Lipinski definition) is 0. The Morgan fingerprint density at radius 3 is 0.700 bits per heavy atom. The monoisotopic (exact) mass is 138 g/mol. The third-order valence-corrected chi connectivity index (χ3v) is 5.88. The molecule has 0 atom stereocenters. The molecule has 2 fully saturated rings. The molecule has 2 aliphatic rings. The van der Waals surface area contributed by atoms with Crippen LogP contribution in [0.3, 0.4) is 0 Å². The van der Waals surface area contributed by atoms with Gasteiger partial charge in [-0.2, -0.15) is 0 Å². The van der Waals surface area contributed by atoms with E-state index in [0.29, 0.717) is 21.7 Å². The average Bonchev–Trinajstić information content (AvgIpc) is 2.28. The number of fused-ring (bicyclic) bond motifs is 1. The number of rotatable bonds is 0. The van der Waals surface area contributed by atoms with Gasteiger partial charge in [0.25, 0.3) is 0 Å². The summed E-state index contributed by atoms with van der Waals surface area (Å²) in [6, 6.07) is 0. The standard InChI is InChI=1S/C10H18/c1-7(2)9(5)8(3,4)10(7,9)6/h1-6H3. The second-order valence-electron chi connectivity index (χ2n) is 5.50. The van der Waals surface area contributed by atoms with E-state index in [1.54, 1.807) is 0 Å². The van der Waals surface area contributed by atoms with Gasteiger partial charge in [-0.05, 0) is 21.7 Å². The SMILES string of the molecule is CC1(C)C2(C)C(C)(C)C12C. The first kappa shape index (κ1) is 6.69. The molecule has 0 aromatic heterocycles. The van der Waals surface area contributed by atoms with Crippen molar-refractivity contribution in [2.24, 2.45) is 21.7 Å². The van der Waals surface area contributed by atoms with Gasteiger partial charge in [0, 0.05) is 0 Å². The summed E-state index contributed by atoms with van der Waals surface area (Å²) in [5, 5.41) is 0. The molecule has 0 unspecified atom stereocenters. The lowest BCUT2D eigenvalue weighted by atomic mass is 9.73. The molecule has 0 amide bonds. The molecule has 0 aromatic rings. The van der Waals surface area contributed by atoms with E-state index in [0.717, 1.165) is 0 Å². The Bertz CT molecular complexity index is 172. The second kappa shape index (κ2) is 1.00. The van der Waals surface area contributed by atoms with Gasteiger partial charge in [0.05, 0.1) is 0 Å². The summed E-state index contributed by atoms with van der Waals surface area (Å²) in [6.45, 7) is 14.5. The Hall–Kier alpha value is 0. The largest absolute Gasteiger partial charge is 0.0588 e. The van der Waals surface area contributed by atoms with E-state index in [4.69, 9.17) is 0 Å². The summed E-state index contributed by atoms with van der Waals surface area (Å²) in [4.78, 5) is 0. The van der Waals surface area contributed by atoms with Crippen molar-refractivity contribution in [3.8, 4) is 0 Å². The summed E-state index contributed by atoms with van der Waals surface area (Å²) in [5.41, 5.74) is 2.52. The van der Waals surface area contributed by atoms with Gasteiger partial charge >= 0.3 is 0 Å². The fraction of sp³-hybridized carbons (Fsp3) is 1.00. The second-order valence-corrected chi connectivity index (χ2v) is 5.50. The summed E-state index contributed by atoms with van der Waals surface area (Å²) in [7, 11) is 0. The van der Waals surface area contributed by atoms with Crippen molar-refractivity contribution >= 4 is 0 Å². The van der Waals surface area contributed by atoms with E-state index in [9.17, 15) is 0 Å². The molecule has 10 heavy (non-hydrogen) atoms. The summed E-state index contributed by atoms with van der Waals surface area (Å²) in [5.74, 6) is 0. The van der Waals surface area contributed by atoms with Crippen LogP contribution in [-0.4, -0.2) is 0 Å². The van der Waals surface area contributed by atoms with E-state index >= 15 is 0 Å². The predicted octanol–water partition coefficient (Wildman–Crippen LogP) is 3.08. The lowest BCUT2D eigenvalue weighted by Crippen LogP contribution is -2.25. The van der Waals surface area contributed by atoms with E-state index in [2.05, 4.69) is 41.5 Å². The molecule has 0 heterocycles. The lowest BCUT2D eigenvalue weighted by molar-refractivity contribution is 0.169. The highest BCUT2D eigenvalue weighted by Gasteiger charge is 3.00. The maximum atomic E-state index is 2.44. The van der Waals surface area contributed by atoms with E-state index in [1.807, 2.05) is 0 Å². The first-order valence-electron chi connectivity index (χ1n) is 4.25. The first-order valence-corrected chi connectivity index (χ1v) is 4.25. The van der Waals surface area contributed by atoms with Crippen LogP contribution in [0.4, 0.5) is 0 Å². The molecule has 0 saturated heterocycles. The molecule has 2 aliphatic carbocycles. The Morgan fingerprint density at radius 1 is 0.500 bits per heavy atom. The van der Waals surface area contributed by atoms with Gasteiger partial charge < -0.3 is 0 Å². The molecule has 2 rings (SSSR count). The molecule has 0 N–H and O–H groups in total. The van der Waals surface area contributed by atoms with Gasteiger partial charge in [-0.25, -0.2) is 0 Å². The minimum absolute atomic E-state index is 0.615. The van der Waals surface area contributed by atoms with Crippen LogP contribution in [0.2, 0.25) is 0 Å². The Kier molecular flexibility index (Phi) is 0.669. The minimum atomic E-state index is 0.615. The van der Waals surface area contributed by atoms with Gasteiger partial charge in [0.2, 0.25) is 0 Å². The lowest BCUT2D eigenvalue weighted by Gasteiger charge is -2.31.